The highest BCUT2D eigenvalue weighted by Crippen LogP contribution is 2.22. The summed E-state index contributed by atoms with van der Waals surface area (Å²) in [4.78, 5) is 15.5. The third kappa shape index (κ3) is 2.22. The Kier molecular flexibility index (Phi) is 2.91. The zero-order chi connectivity index (χ0) is 11.5. The molecule has 2 aromatic heterocycles. The molecule has 2 rings (SSSR count). The van der Waals surface area contributed by atoms with Crippen molar-refractivity contribution in [1.82, 2.24) is 4.98 Å². The number of hydrogen-bond acceptors (Lipinski definition) is 5. The first-order chi connectivity index (χ1) is 7.66. The summed E-state index contributed by atoms with van der Waals surface area (Å²) < 4.78 is 4.92. The number of rotatable bonds is 4. The fraction of sp³-hybridized carbons (Fsp3) is 0.200. The van der Waals surface area contributed by atoms with E-state index in [4.69, 9.17) is 9.52 Å². The molecule has 2 aromatic rings. The third-order valence-electron chi connectivity index (χ3n) is 2.02. The van der Waals surface area contributed by atoms with Crippen LogP contribution >= 0.6 is 11.3 Å². The second-order valence-corrected chi connectivity index (χ2v) is 4.42. The first-order valence-electron chi connectivity index (χ1n) is 4.62. The van der Waals surface area contributed by atoms with Gasteiger partial charge >= 0.3 is 5.97 Å². The summed E-state index contributed by atoms with van der Waals surface area (Å²) >= 11 is 1.33. The Balaban J connectivity index is 2.05. The van der Waals surface area contributed by atoms with Gasteiger partial charge in [0.15, 0.2) is 10.8 Å². The van der Waals surface area contributed by atoms with Crippen molar-refractivity contribution in [3.8, 4) is 0 Å². The summed E-state index contributed by atoms with van der Waals surface area (Å²) in [6.45, 7) is 2.31. The number of aromatic carboxylic acids is 1. The lowest BCUT2D eigenvalue weighted by Gasteiger charge is -1.97. The predicted molar refractivity (Wildman–Crippen MR) is 59.8 cm³/mol. The van der Waals surface area contributed by atoms with Crippen molar-refractivity contribution < 1.29 is 14.3 Å². The molecule has 2 heterocycles. The summed E-state index contributed by atoms with van der Waals surface area (Å²) in [5.74, 6) is -0.995. The van der Waals surface area contributed by atoms with Crippen molar-refractivity contribution in [3.63, 3.8) is 0 Å². The van der Waals surface area contributed by atoms with Crippen LogP contribution in [0.25, 0.3) is 0 Å². The molecule has 0 aliphatic carbocycles. The third-order valence-corrected chi connectivity index (χ3v) is 2.95. The van der Waals surface area contributed by atoms with E-state index in [2.05, 4.69) is 10.3 Å². The van der Waals surface area contributed by atoms with Crippen LogP contribution in [0.5, 0.6) is 0 Å². The molecule has 0 aliphatic rings. The molecule has 0 spiro atoms. The molecule has 16 heavy (non-hydrogen) atoms. The van der Waals surface area contributed by atoms with Crippen molar-refractivity contribution in [3.05, 3.63) is 34.7 Å². The van der Waals surface area contributed by atoms with Gasteiger partial charge in [-0.15, -0.1) is 11.3 Å². The maximum atomic E-state index is 10.8. The van der Waals surface area contributed by atoms with Crippen LogP contribution in [0.3, 0.4) is 0 Å². The van der Waals surface area contributed by atoms with Gasteiger partial charge in [-0.05, 0) is 13.0 Å². The minimum Gasteiger partial charge on any atom is -0.476 e. The van der Waals surface area contributed by atoms with Gasteiger partial charge in [-0.25, -0.2) is 9.78 Å². The molecule has 0 amide bonds. The number of carboxylic acid groups (broad SMARTS) is 1. The van der Waals surface area contributed by atoms with Crippen LogP contribution in [-0.4, -0.2) is 16.1 Å². The lowest BCUT2D eigenvalue weighted by atomic mass is 10.3. The van der Waals surface area contributed by atoms with Crippen LogP contribution in [0.2, 0.25) is 0 Å². The normalized spacial score (nSPS) is 10.3. The molecule has 5 nitrogen and oxygen atoms in total. The number of nitrogens with one attached hydrogen (secondary N) is 1. The Morgan fingerprint density at radius 3 is 3.06 bits per heavy atom. The van der Waals surface area contributed by atoms with Crippen LogP contribution in [0.1, 0.15) is 20.9 Å². The van der Waals surface area contributed by atoms with Gasteiger partial charge in [-0.1, -0.05) is 0 Å². The Morgan fingerprint density at radius 1 is 1.69 bits per heavy atom. The number of nitrogens with zero attached hydrogens (tertiary/aromatic N) is 1. The van der Waals surface area contributed by atoms with Gasteiger partial charge in [0.25, 0.3) is 0 Å². The zero-order valence-electron chi connectivity index (χ0n) is 8.56. The maximum Gasteiger partial charge on any atom is 0.355 e. The Hall–Kier alpha value is -1.82. The van der Waals surface area contributed by atoms with Gasteiger partial charge in [0.1, 0.15) is 0 Å². The van der Waals surface area contributed by atoms with Gasteiger partial charge in [-0.3, -0.25) is 0 Å². The van der Waals surface area contributed by atoms with Crippen LogP contribution < -0.4 is 5.32 Å². The number of aromatic nitrogens is 1. The lowest BCUT2D eigenvalue weighted by Crippen LogP contribution is -2.01. The molecule has 0 saturated heterocycles. The van der Waals surface area contributed by atoms with E-state index in [-0.39, 0.29) is 5.69 Å². The second-order valence-electron chi connectivity index (χ2n) is 3.21. The highest BCUT2D eigenvalue weighted by atomic mass is 32.1. The maximum absolute atomic E-state index is 10.8. The largest absolute Gasteiger partial charge is 0.476 e. The topological polar surface area (TPSA) is 75.4 Å². The van der Waals surface area contributed by atoms with Crippen molar-refractivity contribution in [2.45, 2.75) is 13.5 Å². The summed E-state index contributed by atoms with van der Waals surface area (Å²) in [7, 11) is 0. The number of hydrogen-bond donors (Lipinski definition) is 2. The van der Waals surface area contributed by atoms with Gasteiger partial charge in [0.05, 0.1) is 12.5 Å². The molecule has 0 atom stereocenters. The molecular weight excluding hydrogens is 228 g/mol. The predicted octanol–water partition coefficient (Wildman–Crippen LogP) is 2.35. The first-order valence-corrected chi connectivity index (χ1v) is 5.44. The Bertz CT molecular complexity index is 490. The molecule has 6 heteroatoms. The zero-order valence-corrected chi connectivity index (χ0v) is 9.37. The highest BCUT2D eigenvalue weighted by Gasteiger charge is 2.13. The molecule has 0 radical (unpaired) electrons. The fourth-order valence-corrected chi connectivity index (χ4v) is 2.04. The molecule has 0 aromatic carbocycles. The molecular formula is C10H10N2O3S. The lowest BCUT2D eigenvalue weighted by molar-refractivity contribution is 0.0690. The van der Waals surface area contributed by atoms with E-state index in [1.54, 1.807) is 19.5 Å². The van der Waals surface area contributed by atoms with Crippen LogP contribution in [-0.2, 0) is 6.54 Å². The van der Waals surface area contributed by atoms with Crippen molar-refractivity contribution in [2.75, 3.05) is 5.32 Å². The number of carbonyl (C=O) groups is 1. The molecule has 2 N–H and O–H groups in total. The molecule has 0 fully saturated rings. The van der Waals surface area contributed by atoms with E-state index >= 15 is 0 Å². The molecule has 0 aliphatic heterocycles. The number of furan rings is 1. The second kappa shape index (κ2) is 4.36. The SMILES string of the molecule is Cc1sc(NCc2ccoc2)nc1C(=O)O. The smallest absolute Gasteiger partial charge is 0.355 e. The number of aryl methyl sites for hydroxylation is 1. The van der Waals surface area contributed by atoms with Crippen molar-refractivity contribution in [1.29, 1.82) is 0 Å². The fourth-order valence-electron chi connectivity index (χ4n) is 1.24. The van der Waals surface area contributed by atoms with Gasteiger partial charge in [0, 0.05) is 17.0 Å². The standard InChI is InChI=1S/C10H10N2O3S/c1-6-8(9(13)14)12-10(16-6)11-4-7-2-3-15-5-7/h2-3,5H,4H2,1H3,(H,11,12)(H,13,14). The molecule has 0 bridgehead atoms. The van der Waals surface area contributed by atoms with Gasteiger partial charge in [-0.2, -0.15) is 0 Å². The van der Waals surface area contributed by atoms with Crippen molar-refractivity contribution >= 4 is 22.4 Å². The molecule has 0 saturated carbocycles. The minimum atomic E-state index is -0.995. The van der Waals surface area contributed by atoms with E-state index in [9.17, 15) is 4.79 Å². The first kappa shape index (κ1) is 10.7. The number of thiazole rings is 1. The Labute approximate surface area is 95.7 Å². The average molecular weight is 238 g/mol. The van der Waals surface area contributed by atoms with E-state index in [0.717, 1.165) is 5.56 Å². The minimum absolute atomic E-state index is 0.111. The molecule has 0 unspecified atom stereocenters. The molecule has 84 valence electrons. The average Bonchev–Trinajstić information content (AvgIpc) is 2.83. The number of carboxylic acids is 1. The van der Waals surface area contributed by atoms with E-state index < -0.39 is 5.97 Å². The summed E-state index contributed by atoms with van der Waals surface area (Å²) in [5.41, 5.74) is 1.10. The summed E-state index contributed by atoms with van der Waals surface area (Å²) in [6, 6.07) is 1.84. The van der Waals surface area contributed by atoms with E-state index in [1.165, 1.54) is 11.3 Å². The van der Waals surface area contributed by atoms with Crippen LogP contribution in [0, 0.1) is 6.92 Å². The summed E-state index contributed by atoms with van der Waals surface area (Å²) in [5, 5.41) is 12.5. The van der Waals surface area contributed by atoms with Crippen LogP contribution in [0.15, 0.2) is 23.0 Å². The van der Waals surface area contributed by atoms with Gasteiger partial charge in [0.2, 0.25) is 0 Å². The highest BCUT2D eigenvalue weighted by molar-refractivity contribution is 7.15. The summed E-state index contributed by atoms with van der Waals surface area (Å²) in [6.07, 6.45) is 3.22. The monoisotopic (exact) mass is 238 g/mol. The Morgan fingerprint density at radius 2 is 2.50 bits per heavy atom. The van der Waals surface area contributed by atoms with Crippen molar-refractivity contribution in [2.24, 2.45) is 0 Å². The van der Waals surface area contributed by atoms with Crippen LogP contribution in [0.4, 0.5) is 5.13 Å². The number of anilines is 1. The van der Waals surface area contributed by atoms with E-state index in [1.807, 2.05) is 6.07 Å². The quantitative estimate of drug-likeness (QED) is 0.855. The van der Waals surface area contributed by atoms with E-state index in [0.29, 0.717) is 16.6 Å². The van der Waals surface area contributed by atoms with Gasteiger partial charge < -0.3 is 14.8 Å².